The van der Waals surface area contributed by atoms with Crippen LogP contribution < -0.4 is 15.6 Å². The molecule has 1 atom stereocenters. The molecule has 2 heterocycles. The average molecular weight is 635 g/mol. The van der Waals surface area contributed by atoms with Crippen molar-refractivity contribution in [1.29, 1.82) is 0 Å². The molecule has 11 nitrogen and oxygen atoms in total. The fraction of sp³-hybridized carbons (Fsp3) is 0.536. The van der Waals surface area contributed by atoms with Gasteiger partial charge in [0.25, 0.3) is 5.56 Å². The van der Waals surface area contributed by atoms with Crippen molar-refractivity contribution in [2.24, 2.45) is 7.05 Å². The van der Waals surface area contributed by atoms with E-state index >= 15 is 0 Å². The van der Waals surface area contributed by atoms with Crippen molar-refractivity contribution in [2.45, 2.75) is 81.8 Å². The minimum atomic E-state index is -3.91. The minimum Gasteiger partial charge on any atom is -0.406 e. The Morgan fingerprint density at radius 1 is 1.29 bits per heavy atom. The topological polar surface area (TPSA) is 140 Å². The molecule has 1 fully saturated rings. The zero-order chi connectivity index (χ0) is 31.1. The van der Waals surface area contributed by atoms with Gasteiger partial charge in [0.1, 0.15) is 6.10 Å². The van der Waals surface area contributed by atoms with Gasteiger partial charge in [0, 0.05) is 24.3 Å². The summed E-state index contributed by atoms with van der Waals surface area (Å²) in [5.74, 6) is 5.81. The van der Waals surface area contributed by atoms with Crippen molar-refractivity contribution >= 4 is 46.8 Å². The fourth-order valence-corrected chi connectivity index (χ4v) is 6.65. The van der Waals surface area contributed by atoms with Crippen molar-refractivity contribution in [3.05, 3.63) is 45.5 Å². The first-order chi connectivity index (χ1) is 19.4. The second kappa shape index (κ2) is 11.7. The van der Waals surface area contributed by atoms with Crippen LogP contribution in [0.4, 0.5) is 5.95 Å². The zero-order valence-corrected chi connectivity index (χ0v) is 27.6. The Bertz CT molecular complexity index is 1710. The number of rotatable bonds is 10. The molecule has 2 aromatic heterocycles. The van der Waals surface area contributed by atoms with Crippen LogP contribution in [0, 0.1) is 11.8 Å². The molecule has 0 radical (unpaired) electrons. The van der Waals surface area contributed by atoms with Gasteiger partial charge in [0.15, 0.2) is 8.32 Å². The summed E-state index contributed by atoms with van der Waals surface area (Å²) >= 11 is 6.50. The van der Waals surface area contributed by atoms with E-state index in [-0.39, 0.29) is 51.5 Å². The number of aromatic nitrogens is 4. The summed E-state index contributed by atoms with van der Waals surface area (Å²) in [6.45, 7) is 12.8. The van der Waals surface area contributed by atoms with Crippen molar-refractivity contribution in [3.63, 3.8) is 0 Å². The van der Waals surface area contributed by atoms with E-state index in [1.807, 2.05) is 6.92 Å². The molecule has 1 aromatic carbocycles. The standard InChI is InChI=1S/C28H39ClN6O5SSi/c1-27(2,3)42(6,7)40-12-8-9-20(36)16-30-26-32-24-22(25(37)35(26)18-19-15-31-34(5)17-19)13-21(14-23(24)29)41(38,39)33-28(4)10-11-28/h13-15,17,20,33,36H,10-12,16,18H2,1-7H3,(H,30,32). The van der Waals surface area contributed by atoms with Gasteiger partial charge in [-0.2, -0.15) is 5.10 Å². The van der Waals surface area contributed by atoms with Gasteiger partial charge in [-0.3, -0.25) is 14.0 Å². The molecular weight excluding hydrogens is 596 g/mol. The number of aryl methyl sites for hydroxylation is 1. The van der Waals surface area contributed by atoms with Crippen molar-refractivity contribution in [3.8, 4) is 11.8 Å². The quantitative estimate of drug-likeness (QED) is 0.228. The maximum atomic E-state index is 13.8. The van der Waals surface area contributed by atoms with Crippen LogP contribution in [-0.2, 0) is 28.0 Å². The van der Waals surface area contributed by atoms with Gasteiger partial charge in [0.05, 0.1) is 46.7 Å². The van der Waals surface area contributed by atoms with E-state index in [4.69, 9.17) is 16.0 Å². The van der Waals surface area contributed by atoms with Crippen LogP contribution in [-0.4, -0.2) is 66.0 Å². The predicted octanol–water partition coefficient (Wildman–Crippen LogP) is 3.46. The minimum absolute atomic E-state index is 0.0191. The van der Waals surface area contributed by atoms with E-state index < -0.39 is 35.5 Å². The summed E-state index contributed by atoms with van der Waals surface area (Å²) < 4.78 is 37.8. The van der Waals surface area contributed by atoms with E-state index in [1.54, 1.807) is 24.1 Å². The van der Waals surface area contributed by atoms with Crippen LogP contribution in [0.3, 0.4) is 0 Å². The maximum Gasteiger partial charge on any atom is 0.263 e. The fourth-order valence-electron chi connectivity index (χ4n) is 3.94. The Labute approximate surface area is 252 Å². The Kier molecular flexibility index (Phi) is 9.00. The van der Waals surface area contributed by atoms with E-state index in [0.29, 0.717) is 0 Å². The van der Waals surface area contributed by atoms with Crippen LogP contribution in [0.2, 0.25) is 23.2 Å². The third kappa shape index (κ3) is 7.42. The van der Waals surface area contributed by atoms with Gasteiger partial charge in [-0.1, -0.05) is 44.2 Å². The summed E-state index contributed by atoms with van der Waals surface area (Å²) in [5.41, 5.74) is -0.115. The first kappa shape index (κ1) is 32.2. The highest BCUT2D eigenvalue weighted by molar-refractivity contribution is 7.89. The number of hydrogen-bond acceptors (Lipinski definition) is 8. The highest BCUT2D eigenvalue weighted by Crippen LogP contribution is 2.37. The van der Waals surface area contributed by atoms with Gasteiger partial charge >= 0.3 is 0 Å². The lowest BCUT2D eigenvalue weighted by Crippen LogP contribution is -2.40. The SMILES string of the molecule is Cn1cc(Cn2c(NCC(O)C#CCO[Si](C)(C)C(C)(C)C)nc3c(Cl)cc(S(=O)(=O)NC4(C)CC4)cc3c2=O)cn1. The molecule has 228 valence electrons. The van der Waals surface area contributed by atoms with Gasteiger partial charge in [-0.05, 0) is 50.0 Å². The molecule has 14 heteroatoms. The predicted molar refractivity (Wildman–Crippen MR) is 167 cm³/mol. The first-order valence-corrected chi connectivity index (χ1v) is 18.5. The lowest BCUT2D eigenvalue weighted by atomic mass is 10.2. The van der Waals surface area contributed by atoms with E-state index in [1.165, 1.54) is 16.7 Å². The molecule has 0 spiro atoms. The molecule has 1 saturated carbocycles. The number of nitrogens with one attached hydrogen (secondary N) is 2. The third-order valence-corrected chi connectivity index (χ3v) is 14.2. The highest BCUT2D eigenvalue weighted by Gasteiger charge is 2.41. The summed E-state index contributed by atoms with van der Waals surface area (Å²) in [6.07, 6.45) is 3.79. The second-order valence-corrected chi connectivity index (χ2v) is 19.5. The molecule has 0 amide bonds. The second-order valence-electron chi connectivity index (χ2n) is 12.6. The Morgan fingerprint density at radius 3 is 2.57 bits per heavy atom. The summed E-state index contributed by atoms with van der Waals surface area (Å²) in [4.78, 5) is 18.3. The average Bonchev–Trinajstić information content (AvgIpc) is 3.45. The number of fused-ring (bicyclic) bond motifs is 1. The molecule has 0 bridgehead atoms. The number of halogens is 1. The van der Waals surface area contributed by atoms with E-state index in [9.17, 15) is 18.3 Å². The summed E-state index contributed by atoms with van der Waals surface area (Å²) in [7, 11) is -4.11. The molecule has 1 aliphatic carbocycles. The molecule has 1 aliphatic rings. The number of anilines is 1. The Morgan fingerprint density at radius 2 is 1.98 bits per heavy atom. The van der Waals surface area contributed by atoms with Crippen molar-refractivity contribution < 1.29 is 18.0 Å². The van der Waals surface area contributed by atoms with E-state index in [2.05, 4.69) is 65.8 Å². The highest BCUT2D eigenvalue weighted by atomic mass is 35.5. The molecule has 0 saturated heterocycles. The molecular formula is C28H39ClN6O5SSi. The zero-order valence-electron chi connectivity index (χ0n) is 25.1. The summed E-state index contributed by atoms with van der Waals surface area (Å²) in [6, 6.07) is 2.60. The normalized spacial score (nSPS) is 15.7. The molecule has 3 aromatic rings. The lowest BCUT2D eigenvalue weighted by molar-refractivity contribution is 0.244. The van der Waals surface area contributed by atoms with Crippen molar-refractivity contribution in [1.82, 2.24) is 24.1 Å². The molecule has 4 rings (SSSR count). The number of benzene rings is 1. The van der Waals surface area contributed by atoms with Crippen LogP contribution in [0.15, 0.2) is 34.2 Å². The third-order valence-electron chi connectivity index (χ3n) is 7.81. The smallest absolute Gasteiger partial charge is 0.263 e. The Hall–Kier alpha value is -2.73. The van der Waals surface area contributed by atoms with Crippen LogP contribution in [0.25, 0.3) is 10.9 Å². The number of sulfonamides is 1. The Balaban J connectivity index is 1.63. The molecule has 0 aliphatic heterocycles. The number of aliphatic hydroxyl groups is 1. The lowest BCUT2D eigenvalue weighted by Gasteiger charge is -2.35. The van der Waals surface area contributed by atoms with Crippen molar-refractivity contribution in [2.75, 3.05) is 18.5 Å². The monoisotopic (exact) mass is 634 g/mol. The molecule has 42 heavy (non-hydrogen) atoms. The summed E-state index contributed by atoms with van der Waals surface area (Å²) in [5, 5.41) is 17.8. The number of hydrogen-bond donors (Lipinski definition) is 3. The number of aliphatic hydroxyl groups excluding tert-OH is 1. The van der Waals surface area contributed by atoms with Gasteiger partial charge in [-0.15, -0.1) is 0 Å². The van der Waals surface area contributed by atoms with Crippen LogP contribution in [0.1, 0.15) is 46.1 Å². The van der Waals surface area contributed by atoms with Gasteiger partial charge < -0.3 is 14.8 Å². The first-order valence-electron chi connectivity index (χ1n) is 13.7. The number of nitrogens with zero attached hydrogens (tertiary/aromatic N) is 4. The van der Waals surface area contributed by atoms with Crippen LogP contribution in [0.5, 0.6) is 0 Å². The maximum absolute atomic E-state index is 13.8. The van der Waals surface area contributed by atoms with Gasteiger partial charge in [0.2, 0.25) is 16.0 Å². The molecule has 3 N–H and O–H groups in total. The molecule has 1 unspecified atom stereocenters. The van der Waals surface area contributed by atoms with E-state index in [0.717, 1.165) is 18.4 Å². The van der Waals surface area contributed by atoms with Gasteiger partial charge in [-0.25, -0.2) is 18.1 Å². The van der Waals surface area contributed by atoms with Crippen LogP contribution >= 0.6 is 11.6 Å². The largest absolute Gasteiger partial charge is 0.406 e.